The predicted octanol–water partition coefficient (Wildman–Crippen LogP) is 1.64. The third-order valence-corrected chi connectivity index (χ3v) is 4.40. The monoisotopic (exact) mass is 381 g/mol. The number of carbonyl (C=O) groups excluding carboxylic acids is 3. The summed E-state index contributed by atoms with van der Waals surface area (Å²) in [5.74, 6) is -1.49. The highest BCUT2D eigenvalue weighted by Crippen LogP contribution is 2.19. The first kappa shape index (κ1) is 19.2. The van der Waals surface area contributed by atoms with E-state index in [-0.39, 0.29) is 18.2 Å². The number of aromatic nitrogens is 2. The second-order valence-corrected chi connectivity index (χ2v) is 6.81. The van der Waals surface area contributed by atoms with Crippen molar-refractivity contribution >= 4 is 28.6 Å². The Hall–Kier alpha value is -3.55. The van der Waals surface area contributed by atoms with Crippen LogP contribution in [0.25, 0.3) is 10.9 Å². The van der Waals surface area contributed by atoms with Gasteiger partial charge in [-0.15, -0.1) is 0 Å². The molecule has 0 aliphatic carbocycles. The van der Waals surface area contributed by atoms with Crippen molar-refractivity contribution in [2.24, 2.45) is 5.92 Å². The van der Waals surface area contributed by atoms with Gasteiger partial charge in [0.25, 0.3) is 11.8 Å². The Morgan fingerprint density at radius 3 is 2.46 bits per heavy atom. The molecule has 3 rings (SSSR count). The van der Waals surface area contributed by atoms with Gasteiger partial charge in [0.15, 0.2) is 0 Å². The van der Waals surface area contributed by atoms with Crippen molar-refractivity contribution in [3.8, 4) is 0 Å². The molecule has 0 aliphatic heterocycles. The lowest BCUT2D eigenvalue weighted by molar-refractivity contribution is -0.130. The van der Waals surface area contributed by atoms with Crippen LogP contribution >= 0.6 is 0 Å². The molecule has 3 amide bonds. The maximum Gasteiger partial charge on any atom is 0.286 e. The van der Waals surface area contributed by atoms with Gasteiger partial charge in [-0.2, -0.15) is 0 Å². The normalized spacial score (nSPS) is 12.0. The van der Waals surface area contributed by atoms with Crippen LogP contribution in [-0.2, 0) is 16.0 Å². The summed E-state index contributed by atoms with van der Waals surface area (Å²) in [6.45, 7) is 3.51. The molecule has 1 aromatic carbocycles. The van der Waals surface area contributed by atoms with Gasteiger partial charge >= 0.3 is 0 Å². The van der Waals surface area contributed by atoms with Crippen LogP contribution in [-0.4, -0.2) is 33.7 Å². The highest BCUT2D eigenvalue weighted by molar-refractivity contribution is 5.95. The molecule has 2 heterocycles. The number of aromatic amines is 2. The minimum absolute atomic E-state index is 0.240. The second-order valence-electron chi connectivity index (χ2n) is 6.81. The van der Waals surface area contributed by atoms with Gasteiger partial charge in [0, 0.05) is 35.6 Å². The van der Waals surface area contributed by atoms with Crippen LogP contribution in [0.1, 0.15) is 29.9 Å². The van der Waals surface area contributed by atoms with Gasteiger partial charge in [-0.25, -0.2) is 0 Å². The van der Waals surface area contributed by atoms with Crippen LogP contribution in [0.15, 0.2) is 48.8 Å². The average molecular weight is 381 g/mol. The average Bonchev–Trinajstić information content (AvgIpc) is 3.35. The van der Waals surface area contributed by atoms with E-state index in [4.69, 9.17) is 0 Å². The fraction of sp³-hybridized carbons (Fsp3) is 0.250. The Bertz CT molecular complexity index is 975. The fourth-order valence-electron chi connectivity index (χ4n) is 2.81. The van der Waals surface area contributed by atoms with E-state index < -0.39 is 17.9 Å². The Labute approximate surface area is 162 Å². The van der Waals surface area contributed by atoms with Crippen molar-refractivity contribution < 1.29 is 14.4 Å². The Morgan fingerprint density at radius 1 is 0.964 bits per heavy atom. The summed E-state index contributed by atoms with van der Waals surface area (Å²) in [7, 11) is 0. The zero-order valence-corrected chi connectivity index (χ0v) is 15.7. The second kappa shape index (κ2) is 8.43. The van der Waals surface area contributed by atoms with E-state index in [1.165, 1.54) is 0 Å². The molecule has 0 aliphatic rings. The summed E-state index contributed by atoms with van der Waals surface area (Å²) in [6.07, 6.45) is 3.72. The molecule has 5 N–H and O–H groups in total. The molecule has 1 unspecified atom stereocenters. The summed E-state index contributed by atoms with van der Waals surface area (Å²) in [5.41, 5.74) is 6.92. The van der Waals surface area contributed by atoms with Crippen LogP contribution in [0.3, 0.4) is 0 Å². The third-order valence-electron chi connectivity index (χ3n) is 4.40. The van der Waals surface area contributed by atoms with Crippen LogP contribution in [0.4, 0.5) is 0 Å². The molecule has 146 valence electrons. The number of hydrazine groups is 1. The van der Waals surface area contributed by atoms with Crippen molar-refractivity contribution in [3.63, 3.8) is 0 Å². The minimum atomic E-state index is -0.835. The molecule has 0 bridgehead atoms. The van der Waals surface area contributed by atoms with Crippen LogP contribution in [0, 0.1) is 5.92 Å². The van der Waals surface area contributed by atoms with E-state index in [0.29, 0.717) is 5.69 Å². The highest BCUT2D eigenvalue weighted by atomic mass is 16.2. The molecule has 8 heteroatoms. The predicted molar refractivity (Wildman–Crippen MR) is 105 cm³/mol. The largest absolute Gasteiger partial charge is 0.361 e. The molecule has 2 aromatic heterocycles. The summed E-state index contributed by atoms with van der Waals surface area (Å²) >= 11 is 0. The van der Waals surface area contributed by atoms with Gasteiger partial charge in [-0.05, 0) is 23.8 Å². The standard InChI is InChI=1S/C20H23N5O3/c1-12(2)18(26)23-17(10-13-11-22-15-7-4-3-6-14(13)15)20(28)25-24-19(27)16-8-5-9-21-16/h3-9,11-12,17,21-22H,10H2,1-2H3,(H,23,26)(H,24,27)(H,25,28). The molecule has 28 heavy (non-hydrogen) atoms. The van der Waals surface area contributed by atoms with Gasteiger partial charge < -0.3 is 15.3 Å². The number of H-pyrrole nitrogens is 2. The van der Waals surface area contributed by atoms with Gasteiger partial charge in [-0.3, -0.25) is 25.2 Å². The van der Waals surface area contributed by atoms with E-state index in [1.54, 1.807) is 32.2 Å². The summed E-state index contributed by atoms with van der Waals surface area (Å²) in [6, 6.07) is 10.2. The van der Waals surface area contributed by atoms with Gasteiger partial charge in [0.1, 0.15) is 11.7 Å². The third kappa shape index (κ3) is 4.40. The van der Waals surface area contributed by atoms with Crippen molar-refractivity contribution in [2.75, 3.05) is 0 Å². The zero-order valence-electron chi connectivity index (χ0n) is 15.7. The Kier molecular flexibility index (Phi) is 5.78. The number of rotatable bonds is 6. The molecule has 0 spiro atoms. The quantitative estimate of drug-likeness (QED) is 0.418. The molecule has 8 nitrogen and oxygen atoms in total. The molecule has 1 atom stereocenters. The van der Waals surface area contributed by atoms with Crippen molar-refractivity contribution in [1.82, 2.24) is 26.1 Å². The van der Waals surface area contributed by atoms with E-state index in [2.05, 4.69) is 26.1 Å². The lowest BCUT2D eigenvalue weighted by Crippen LogP contribution is -2.53. The van der Waals surface area contributed by atoms with E-state index >= 15 is 0 Å². The Morgan fingerprint density at radius 2 is 1.75 bits per heavy atom. The minimum Gasteiger partial charge on any atom is -0.361 e. The first-order valence-electron chi connectivity index (χ1n) is 9.04. The summed E-state index contributed by atoms with van der Waals surface area (Å²) in [4.78, 5) is 42.8. The van der Waals surface area contributed by atoms with Crippen LogP contribution in [0.2, 0.25) is 0 Å². The highest BCUT2D eigenvalue weighted by Gasteiger charge is 2.24. The van der Waals surface area contributed by atoms with Gasteiger partial charge in [0.2, 0.25) is 5.91 Å². The topological polar surface area (TPSA) is 119 Å². The molecule has 0 saturated heterocycles. The number of benzene rings is 1. The van der Waals surface area contributed by atoms with Crippen LogP contribution < -0.4 is 16.2 Å². The van der Waals surface area contributed by atoms with Crippen molar-refractivity contribution in [2.45, 2.75) is 26.3 Å². The van der Waals surface area contributed by atoms with E-state index in [1.807, 2.05) is 30.5 Å². The molecule has 0 saturated carbocycles. The Balaban J connectivity index is 1.73. The summed E-state index contributed by atoms with van der Waals surface area (Å²) in [5, 5.41) is 3.73. The maximum absolute atomic E-state index is 12.7. The smallest absolute Gasteiger partial charge is 0.286 e. The van der Waals surface area contributed by atoms with Crippen molar-refractivity contribution in [1.29, 1.82) is 0 Å². The number of fused-ring (bicyclic) bond motifs is 1. The number of para-hydroxylation sites is 1. The molecular weight excluding hydrogens is 358 g/mol. The number of carbonyl (C=O) groups is 3. The first-order chi connectivity index (χ1) is 13.5. The number of hydrogen-bond donors (Lipinski definition) is 5. The molecule has 3 aromatic rings. The molecule has 0 fully saturated rings. The number of hydrogen-bond acceptors (Lipinski definition) is 3. The fourth-order valence-corrected chi connectivity index (χ4v) is 2.81. The zero-order chi connectivity index (χ0) is 20.1. The lowest BCUT2D eigenvalue weighted by atomic mass is 10.0. The van der Waals surface area contributed by atoms with Crippen LogP contribution in [0.5, 0.6) is 0 Å². The summed E-state index contributed by atoms with van der Waals surface area (Å²) < 4.78 is 0. The van der Waals surface area contributed by atoms with Gasteiger partial charge in [0.05, 0.1) is 0 Å². The SMILES string of the molecule is CC(C)C(=O)NC(Cc1c[nH]c2ccccc12)C(=O)NNC(=O)c1ccc[nH]1. The lowest BCUT2D eigenvalue weighted by Gasteiger charge is -2.19. The number of amides is 3. The molecule has 0 radical (unpaired) electrons. The van der Waals surface area contributed by atoms with Gasteiger partial charge in [-0.1, -0.05) is 32.0 Å². The van der Waals surface area contributed by atoms with E-state index in [0.717, 1.165) is 16.5 Å². The number of nitrogens with one attached hydrogen (secondary N) is 5. The maximum atomic E-state index is 12.7. The molecular formula is C20H23N5O3. The van der Waals surface area contributed by atoms with E-state index in [9.17, 15) is 14.4 Å². The first-order valence-corrected chi connectivity index (χ1v) is 9.04. The van der Waals surface area contributed by atoms with Crippen molar-refractivity contribution in [3.05, 3.63) is 60.0 Å².